The van der Waals surface area contributed by atoms with Crippen LogP contribution in [0.25, 0.3) is 10.9 Å². The predicted molar refractivity (Wildman–Crippen MR) is 441 cm³/mol. The molecular formula is C82H110N20O19. The number of carboxylic acid groups (broad SMARTS) is 3. The first-order valence-electron chi connectivity index (χ1n) is 39.9. The molecule has 2 aromatic heterocycles. The molecule has 121 heavy (non-hydrogen) atoms. The van der Waals surface area contributed by atoms with Gasteiger partial charge in [-0.2, -0.15) is 0 Å². The van der Waals surface area contributed by atoms with Crippen LogP contribution in [0.5, 0.6) is 0 Å². The number of nitrogens with two attached hydrogens (primary N) is 2. The van der Waals surface area contributed by atoms with Crippen molar-refractivity contribution in [1.29, 1.82) is 0 Å². The van der Waals surface area contributed by atoms with Crippen LogP contribution in [0.3, 0.4) is 0 Å². The lowest BCUT2D eigenvalue weighted by atomic mass is 10.0. The molecule has 0 spiro atoms. The fourth-order valence-corrected chi connectivity index (χ4v) is 13.3. The lowest BCUT2D eigenvalue weighted by Crippen LogP contribution is -2.59. The van der Waals surface area contributed by atoms with Crippen molar-refractivity contribution in [2.75, 3.05) is 96.9 Å². The van der Waals surface area contributed by atoms with Gasteiger partial charge in [-0.05, 0) is 72.7 Å². The number of aromatic amines is 2. The number of nitrogens with zero attached hydrogens (tertiary/aromatic N) is 5. The van der Waals surface area contributed by atoms with Crippen molar-refractivity contribution in [3.63, 3.8) is 0 Å². The zero-order valence-corrected chi connectivity index (χ0v) is 68.1. The minimum absolute atomic E-state index is 0.0107. The molecule has 652 valence electrons. The van der Waals surface area contributed by atoms with Crippen LogP contribution in [0.1, 0.15) is 99.0 Å². The van der Waals surface area contributed by atoms with Crippen LogP contribution in [0.4, 0.5) is 5.69 Å². The van der Waals surface area contributed by atoms with Crippen LogP contribution in [0, 0.1) is 5.92 Å². The Morgan fingerprint density at radius 3 is 1.46 bits per heavy atom. The van der Waals surface area contributed by atoms with Gasteiger partial charge >= 0.3 is 17.9 Å². The molecule has 39 nitrogen and oxygen atoms in total. The fourth-order valence-electron chi connectivity index (χ4n) is 13.3. The third-order valence-electron chi connectivity index (χ3n) is 19.9. The van der Waals surface area contributed by atoms with Gasteiger partial charge in [0.1, 0.15) is 48.3 Å². The molecule has 1 fully saturated rings. The van der Waals surface area contributed by atoms with E-state index >= 15 is 0 Å². The van der Waals surface area contributed by atoms with Crippen LogP contribution < -0.4 is 70.0 Å². The number of anilines is 1. The lowest BCUT2D eigenvalue weighted by Gasteiger charge is -2.32. The average molecular weight is 1680 g/mol. The number of para-hydroxylation sites is 1. The van der Waals surface area contributed by atoms with Gasteiger partial charge in [-0.15, -0.1) is 0 Å². The molecule has 1 aliphatic rings. The Morgan fingerprint density at radius 1 is 0.463 bits per heavy atom. The molecule has 13 amide bonds. The highest BCUT2D eigenvalue weighted by Crippen LogP contribution is 2.21. The molecular weight excluding hydrogens is 1570 g/mol. The number of fused-ring (bicyclic) bond motifs is 1. The van der Waals surface area contributed by atoms with Crippen molar-refractivity contribution in [3.05, 3.63) is 156 Å². The van der Waals surface area contributed by atoms with Crippen molar-refractivity contribution < 1.29 is 92.0 Å². The summed E-state index contributed by atoms with van der Waals surface area (Å²) in [7, 11) is 0. The summed E-state index contributed by atoms with van der Waals surface area (Å²) in [6.45, 7) is 5.74. The molecule has 3 heterocycles. The average Bonchev–Trinajstić information content (AvgIpc) is 1.69. The first-order valence-corrected chi connectivity index (χ1v) is 39.9. The normalized spacial score (nSPS) is 15.1. The minimum atomic E-state index is -1.60. The Balaban J connectivity index is 0.978. The van der Waals surface area contributed by atoms with Gasteiger partial charge in [0.2, 0.25) is 70.9 Å². The summed E-state index contributed by atoms with van der Waals surface area (Å²) in [4.78, 5) is 231. The van der Waals surface area contributed by atoms with E-state index in [1.54, 1.807) is 125 Å². The van der Waals surface area contributed by atoms with E-state index in [0.717, 1.165) is 6.42 Å². The lowest BCUT2D eigenvalue weighted by molar-refractivity contribution is -0.140. The predicted octanol–water partition coefficient (Wildman–Crippen LogP) is -1.99. The maximum Gasteiger partial charge on any atom is 0.317 e. The summed E-state index contributed by atoms with van der Waals surface area (Å²) in [5.74, 6) is -14.0. The van der Waals surface area contributed by atoms with E-state index in [1.807, 2.05) is 6.92 Å². The number of carbonyl (C=O) groups excluding carboxylic acids is 13. The molecule has 0 radical (unpaired) electrons. The highest BCUT2D eigenvalue weighted by molar-refractivity contribution is 6.01. The molecule has 1 aliphatic heterocycles. The summed E-state index contributed by atoms with van der Waals surface area (Å²) in [6.07, 6.45) is 4.39. The van der Waals surface area contributed by atoms with Crippen LogP contribution in [0.15, 0.2) is 128 Å². The number of benzene rings is 4. The summed E-state index contributed by atoms with van der Waals surface area (Å²) < 4.78 is 0. The Hall–Kier alpha value is -13.0. The molecule has 1 saturated heterocycles. The van der Waals surface area contributed by atoms with Crippen LogP contribution >= 0.6 is 0 Å². The largest absolute Gasteiger partial charge is 0.480 e. The first kappa shape index (κ1) is 95.1. The molecule has 7 rings (SSSR count). The standard InChI is InChI=1S/C82H110N20O19/c1-5-6-20-60(74(84)113)93-79(118)63(39-53-17-11-8-12-18-53)96-81(120)65(41-57-43-85-49-89-57)92-67(104)28-29-86-82(121)73(50(2)3)98-75(114)51(4)90-78(117)64(40-55-42-87-59-21-14-13-19-58(55)59)97-77(116)61(26-27-66(83)103)94-80(119)62(38-52-15-9-7-10-16-52)95-76(115)54-22-24-56(25-23-54)91-68(105)44-88-69(106)45-99-30-32-100(46-70(107)108)34-36-102(48-72(111)112)37-35-101(33-31-99)47-71(109)110/h7-19,21-25,42-43,49-51,60-65,73,87H,5-6,20,26-41,44-48H2,1-4H3,(H2,83,103)(H2,84,113)(H,85,89)(H,86,121)(H,88,106)(H,90,117)(H,91,105)(H,92,104)(H,93,118)(H,94,119)(H,95,115)(H,96,120)(H,97,116)(H,98,114)(H,107,108)(H,109,110)(H,111,112)/t51-,60?,61-,62-,63-,64-,65-,73-/m0/s1. The number of rotatable bonds is 46. The van der Waals surface area contributed by atoms with E-state index < -0.39 is 168 Å². The summed E-state index contributed by atoms with van der Waals surface area (Å²) in [5.41, 5.74) is 14.4. The minimum Gasteiger partial charge on any atom is -0.480 e. The van der Waals surface area contributed by atoms with Gasteiger partial charge in [0.25, 0.3) is 5.91 Å². The molecule has 1 unspecified atom stereocenters. The smallest absolute Gasteiger partial charge is 0.317 e. The first-order chi connectivity index (χ1) is 57.8. The number of imidazole rings is 1. The summed E-state index contributed by atoms with van der Waals surface area (Å²) in [6, 6.07) is 19.2. The Kier molecular flexibility index (Phi) is 38.3. The van der Waals surface area contributed by atoms with Gasteiger partial charge in [-0.3, -0.25) is 96.3 Å². The van der Waals surface area contributed by atoms with E-state index in [-0.39, 0.29) is 135 Å². The SMILES string of the molecule is CCCCC(NC(=O)[C@H](Cc1ccccc1)NC(=O)[C@H](Cc1cnc[nH]1)NC(=O)CCNC(=O)[C@@H](NC(=O)[C@H](C)NC(=O)[C@H](Cc1c[nH]c2ccccc12)NC(=O)[C@H](CCC(N)=O)NC(=O)[C@H](Cc1ccccc1)NC(=O)c1ccc(NC(=O)CNC(=O)CN2CCN(CC(=O)O)CCN(CC(=O)O)CCN(CC(=O)O)CC2)cc1)C(C)C)C(N)=O. The monoisotopic (exact) mass is 1680 g/mol. The van der Waals surface area contributed by atoms with Crippen molar-refractivity contribution in [1.82, 2.24) is 87.7 Å². The maximum atomic E-state index is 14.8. The van der Waals surface area contributed by atoms with Gasteiger partial charge < -0.3 is 95.2 Å². The van der Waals surface area contributed by atoms with Crippen molar-refractivity contribution in [2.24, 2.45) is 17.4 Å². The maximum absolute atomic E-state index is 14.8. The number of nitrogens with one attached hydrogen (secondary N) is 13. The van der Waals surface area contributed by atoms with E-state index in [0.29, 0.717) is 39.7 Å². The number of aromatic nitrogens is 3. The van der Waals surface area contributed by atoms with E-state index in [4.69, 9.17) is 11.5 Å². The fraction of sp³-hybridized carbons (Fsp3) is 0.451. The number of aliphatic carboxylic acids is 3. The Morgan fingerprint density at radius 2 is 0.950 bits per heavy atom. The van der Waals surface area contributed by atoms with Gasteiger partial charge in [-0.25, -0.2) is 4.98 Å². The quantitative estimate of drug-likeness (QED) is 0.0197. The molecule has 4 aromatic carbocycles. The van der Waals surface area contributed by atoms with Crippen LogP contribution in [-0.2, 0) is 97.6 Å². The number of H-pyrrole nitrogens is 2. The number of primary amides is 2. The van der Waals surface area contributed by atoms with Gasteiger partial charge in [-0.1, -0.05) is 112 Å². The number of unbranched alkanes of at least 4 members (excludes halogenated alkanes) is 1. The summed E-state index contributed by atoms with van der Waals surface area (Å²) >= 11 is 0. The van der Waals surface area contributed by atoms with E-state index in [9.17, 15) is 92.0 Å². The van der Waals surface area contributed by atoms with Crippen LogP contribution in [0.2, 0.25) is 0 Å². The van der Waals surface area contributed by atoms with Gasteiger partial charge in [0, 0.05) is 138 Å². The number of carbonyl (C=O) groups is 16. The van der Waals surface area contributed by atoms with Gasteiger partial charge in [0.15, 0.2) is 0 Å². The second kappa shape index (κ2) is 48.8. The second-order valence-corrected chi connectivity index (χ2v) is 29.9. The molecule has 20 N–H and O–H groups in total. The number of carboxylic acids is 3. The highest BCUT2D eigenvalue weighted by atomic mass is 16.4. The van der Waals surface area contributed by atoms with Gasteiger partial charge in [0.05, 0.1) is 39.1 Å². The molecule has 6 aromatic rings. The number of hydrogen-bond donors (Lipinski definition) is 18. The topological polar surface area (TPSA) is 576 Å². The van der Waals surface area contributed by atoms with Crippen molar-refractivity contribution in [3.8, 4) is 0 Å². The third-order valence-corrected chi connectivity index (χ3v) is 19.9. The zero-order chi connectivity index (χ0) is 88.1. The van der Waals surface area contributed by atoms with E-state index in [1.165, 1.54) is 43.7 Å². The summed E-state index contributed by atoms with van der Waals surface area (Å²) in [5, 5.41) is 58.6. The zero-order valence-electron chi connectivity index (χ0n) is 68.1. The highest BCUT2D eigenvalue weighted by Gasteiger charge is 2.36. The molecule has 0 aliphatic carbocycles. The molecule has 8 atom stereocenters. The number of amides is 13. The van der Waals surface area contributed by atoms with E-state index in [2.05, 4.69) is 73.4 Å². The Bertz CT molecular complexity index is 4480. The third kappa shape index (κ3) is 33.4. The molecule has 39 heteroatoms. The second-order valence-electron chi connectivity index (χ2n) is 29.9. The number of hydrogen-bond acceptors (Lipinski definition) is 21. The molecule has 0 bridgehead atoms. The van der Waals surface area contributed by atoms with Crippen molar-refractivity contribution >= 4 is 111 Å². The molecule has 0 saturated carbocycles. The Labute approximate surface area is 698 Å². The van der Waals surface area contributed by atoms with Crippen molar-refractivity contribution in [2.45, 2.75) is 140 Å². The van der Waals surface area contributed by atoms with Crippen LogP contribution in [-0.4, -0.2) is 285 Å².